The van der Waals surface area contributed by atoms with Crippen LogP contribution in [0.4, 0.5) is 11.4 Å². The van der Waals surface area contributed by atoms with E-state index in [1.807, 2.05) is 71.6 Å². The molecule has 1 aliphatic heterocycles. The lowest BCUT2D eigenvalue weighted by Crippen LogP contribution is -2.29. The molecule has 3 heterocycles. The number of methoxy groups -OCH3 is 2. The van der Waals surface area contributed by atoms with Gasteiger partial charge in [-0.15, -0.1) is 0 Å². The summed E-state index contributed by atoms with van der Waals surface area (Å²) in [6.07, 6.45) is 1.75. The van der Waals surface area contributed by atoms with Gasteiger partial charge in [0.1, 0.15) is 29.9 Å². The summed E-state index contributed by atoms with van der Waals surface area (Å²) in [5.41, 5.74) is 2.96. The topological polar surface area (TPSA) is 88.9 Å². The Kier molecular flexibility index (Phi) is 7.59. The van der Waals surface area contributed by atoms with E-state index >= 15 is 0 Å². The number of furan rings is 1. The van der Waals surface area contributed by atoms with Crippen molar-refractivity contribution in [2.45, 2.75) is 12.1 Å². The summed E-state index contributed by atoms with van der Waals surface area (Å²) in [6.45, 7) is -0.0820. The Morgan fingerprint density at radius 1 is 1.13 bits per heavy atom. The lowest BCUT2D eigenvalue weighted by molar-refractivity contribution is -0.119. The molecule has 4 aromatic rings. The second-order valence-corrected chi connectivity index (χ2v) is 9.39. The van der Waals surface area contributed by atoms with Gasteiger partial charge >= 0.3 is 0 Å². The number of nitrogens with one attached hydrogen (secondary N) is 2. The minimum absolute atomic E-state index is 0.0820. The van der Waals surface area contributed by atoms with E-state index in [1.54, 1.807) is 19.4 Å². The van der Waals surface area contributed by atoms with Crippen molar-refractivity contribution < 1.29 is 18.7 Å². The second-order valence-electron chi connectivity index (χ2n) is 8.57. The Hall–Kier alpha value is -3.92. The van der Waals surface area contributed by atoms with Crippen LogP contribution in [0, 0.1) is 0 Å². The van der Waals surface area contributed by atoms with E-state index in [-0.39, 0.29) is 24.6 Å². The fourth-order valence-electron chi connectivity index (χ4n) is 4.46. The molecule has 0 saturated carbocycles. The first-order chi connectivity index (χ1) is 18.5. The number of amides is 1. The molecule has 194 valence electrons. The lowest BCUT2D eigenvalue weighted by Gasteiger charge is -2.27. The zero-order valence-corrected chi connectivity index (χ0v) is 22.3. The Bertz CT molecular complexity index is 1450. The first-order valence-corrected chi connectivity index (χ1v) is 12.6. The number of pyridine rings is 1. The summed E-state index contributed by atoms with van der Waals surface area (Å²) in [5, 5.41) is 7.40. The van der Waals surface area contributed by atoms with Gasteiger partial charge in [-0.1, -0.05) is 17.7 Å². The van der Waals surface area contributed by atoms with Gasteiger partial charge in [0.2, 0.25) is 5.91 Å². The van der Waals surface area contributed by atoms with Gasteiger partial charge in [-0.25, -0.2) is 0 Å². The number of benzene rings is 2. The highest BCUT2D eigenvalue weighted by molar-refractivity contribution is 7.80. The molecule has 2 aromatic heterocycles. The minimum Gasteiger partial charge on any atom is -0.495 e. The van der Waals surface area contributed by atoms with Gasteiger partial charge in [-0.3, -0.25) is 9.78 Å². The van der Waals surface area contributed by atoms with Crippen molar-refractivity contribution in [3.05, 3.63) is 95.5 Å². The summed E-state index contributed by atoms with van der Waals surface area (Å²) >= 11 is 11.9. The molecular weight excluding hydrogens is 524 g/mol. The number of aromatic nitrogens is 1. The van der Waals surface area contributed by atoms with E-state index in [1.165, 1.54) is 7.11 Å². The third-order valence-corrected chi connectivity index (χ3v) is 6.72. The molecule has 1 aliphatic rings. The van der Waals surface area contributed by atoms with Crippen LogP contribution >= 0.6 is 23.8 Å². The van der Waals surface area contributed by atoms with Crippen molar-refractivity contribution >= 4 is 46.2 Å². The van der Waals surface area contributed by atoms with Crippen molar-refractivity contribution in [3.8, 4) is 17.1 Å². The SMILES string of the molecule is COCC(=O)Nc1cc(N2C(=S)NC(c3ccccn3)C2c2ccc(-c3ccc(Cl)cc3)o2)ccc1OC. The highest BCUT2D eigenvalue weighted by Gasteiger charge is 2.42. The van der Waals surface area contributed by atoms with Crippen LogP contribution < -0.4 is 20.3 Å². The molecular formula is C28H25ClN4O4S. The van der Waals surface area contributed by atoms with Gasteiger partial charge in [-0.2, -0.15) is 0 Å². The number of hydrogen-bond donors (Lipinski definition) is 2. The number of hydrogen-bond acceptors (Lipinski definition) is 6. The molecule has 2 aromatic carbocycles. The fraction of sp³-hybridized carbons (Fsp3) is 0.179. The molecule has 1 amide bonds. The van der Waals surface area contributed by atoms with E-state index in [0.717, 1.165) is 16.9 Å². The third kappa shape index (κ3) is 5.22. The van der Waals surface area contributed by atoms with Crippen molar-refractivity contribution in [3.63, 3.8) is 0 Å². The molecule has 38 heavy (non-hydrogen) atoms. The summed E-state index contributed by atoms with van der Waals surface area (Å²) in [7, 11) is 3.01. The summed E-state index contributed by atoms with van der Waals surface area (Å²) in [4.78, 5) is 18.8. The number of carbonyl (C=O) groups is 1. The maximum absolute atomic E-state index is 12.3. The molecule has 10 heteroatoms. The van der Waals surface area contributed by atoms with Crippen LogP contribution in [0.25, 0.3) is 11.3 Å². The highest BCUT2D eigenvalue weighted by Crippen LogP contribution is 2.44. The summed E-state index contributed by atoms with van der Waals surface area (Å²) in [5.74, 6) is 1.61. The number of anilines is 2. The van der Waals surface area contributed by atoms with Crippen LogP contribution in [0.15, 0.2) is 83.4 Å². The van der Waals surface area contributed by atoms with Crippen molar-refractivity contribution in [2.75, 3.05) is 31.0 Å². The molecule has 0 radical (unpaired) electrons. The van der Waals surface area contributed by atoms with Crippen LogP contribution in [0.2, 0.25) is 5.02 Å². The monoisotopic (exact) mass is 548 g/mol. The Labute approximate surface area is 230 Å². The molecule has 2 N–H and O–H groups in total. The fourth-order valence-corrected chi connectivity index (χ4v) is 4.94. The molecule has 0 bridgehead atoms. The highest BCUT2D eigenvalue weighted by atomic mass is 35.5. The maximum atomic E-state index is 12.3. The van der Waals surface area contributed by atoms with Crippen molar-refractivity contribution in [1.82, 2.24) is 10.3 Å². The second kappa shape index (κ2) is 11.2. The summed E-state index contributed by atoms with van der Waals surface area (Å²) in [6, 6.07) is 21.9. The van der Waals surface area contributed by atoms with Crippen LogP contribution in [0.1, 0.15) is 23.5 Å². The standard InChI is InChI=1S/C28H25ClN4O4S/c1-35-16-25(34)31-21-15-19(10-11-23(21)36-2)33-27(26(32-28(33)38)20-5-3-4-14-30-20)24-13-12-22(37-24)17-6-8-18(29)9-7-17/h3-15,26-27H,16H2,1-2H3,(H,31,34)(H,32,38). The van der Waals surface area contributed by atoms with Gasteiger partial charge in [0.15, 0.2) is 5.11 Å². The molecule has 2 unspecified atom stereocenters. The van der Waals surface area contributed by atoms with Crippen LogP contribution in [0.3, 0.4) is 0 Å². The Morgan fingerprint density at radius 3 is 2.66 bits per heavy atom. The Balaban J connectivity index is 1.57. The van der Waals surface area contributed by atoms with Crippen LogP contribution in [-0.2, 0) is 9.53 Å². The maximum Gasteiger partial charge on any atom is 0.250 e. The van der Waals surface area contributed by atoms with E-state index < -0.39 is 0 Å². The van der Waals surface area contributed by atoms with E-state index in [2.05, 4.69) is 15.6 Å². The van der Waals surface area contributed by atoms with Gasteiger partial charge < -0.3 is 29.4 Å². The minimum atomic E-state index is -0.366. The average Bonchev–Trinajstić information content (AvgIpc) is 3.54. The zero-order valence-electron chi connectivity index (χ0n) is 20.7. The molecule has 8 nitrogen and oxygen atoms in total. The number of thiocarbonyl (C=S) groups is 1. The largest absolute Gasteiger partial charge is 0.495 e. The van der Waals surface area contributed by atoms with Crippen molar-refractivity contribution in [1.29, 1.82) is 0 Å². The van der Waals surface area contributed by atoms with Crippen LogP contribution in [-0.4, -0.2) is 36.8 Å². The first-order valence-electron chi connectivity index (χ1n) is 11.8. The number of halogens is 1. The lowest BCUT2D eigenvalue weighted by atomic mass is 10.0. The number of nitrogens with zero attached hydrogens (tertiary/aromatic N) is 2. The normalized spacial score (nSPS) is 16.8. The number of rotatable bonds is 8. The zero-order chi connectivity index (χ0) is 26.6. The van der Waals surface area contributed by atoms with E-state index in [9.17, 15) is 4.79 Å². The number of carbonyl (C=O) groups excluding carboxylic acids is 1. The molecule has 0 spiro atoms. The average molecular weight is 549 g/mol. The summed E-state index contributed by atoms with van der Waals surface area (Å²) < 4.78 is 16.8. The Morgan fingerprint density at radius 2 is 1.95 bits per heavy atom. The van der Waals surface area contributed by atoms with E-state index in [0.29, 0.717) is 33.1 Å². The molecule has 2 atom stereocenters. The van der Waals surface area contributed by atoms with Gasteiger partial charge in [0, 0.05) is 29.6 Å². The van der Waals surface area contributed by atoms with Gasteiger partial charge in [-0.05, 0) is 78.9 Å². The van der Waals surface area contributed by atoms with Crippen LogP contribution in [0.5, 0.6) is 5.75 Å². The molecule has 5 rings (SSSR count). The molecule has 0 aliphatic carbocycles. The molecule has 1 fully saturated rings. The predicted molar refractivity (Wildman–Crippen MR) is 151 cm³/mol. The number of ether oxygens (including phenoxy) is 2. The molecule has 1 saturated heterocycles. The third-order valence-electron chi connectivity index (χ3n) is 6.16. The predicted octanol–water partition coefficient (Wildman–Crippen LogP) is 5.77. The van der Waals surface area contributed by atoms with E-state index in [4.69, 9.17) is 37.7 Å². The first kappa shape index (κ1) is 25.7. The van der Waals surface area contributed by atoms with Crippen molar-refractivity contribution in [2.24, 2.45) is 0 Å². The van der Waals surface area contributed by atoms with Gasteiger partial charge in [0.25, 0.3) is 0 Å². The smallest absolute Gasteiger partial charge is 0.250 e. The van der Waals surface area contributed by atoms with Gasteiger partial charge in [0.05, 0.1) is 24.5 Å². The quantitative estimate of drug-likeness (QED) is 0.268.